The van der Waals surface area contributed by atoms with Gasteiger partial charge in [-0.3, -0.25) is 4.79 Å². The van der Waals surface area contributed by atoms with E-state index in [1.165, 1.54) is 12.1 Å². The molecule has 2 unspecified atom stereocenters. The smallest absolute Gasteiger partial charge is 0.307 e. The van der Waals surface area contributed by atoms with Gasteiger partial charge in [-0.25, -0.2) is 0 Å². The molecule has 106 valence electrons. The van der Waals surface area contributed by atoms with Crippen LogP contribution in [0.1, 0.15) is 25.3 Å². The van der Waals surface area contributed by atoms with Gasteiger partial charge in [0.1, 0.15) is 11.5 Å². The van der Waals surface area contributed by atoms with E-state index in [0.717, 1.165) is 6.42 Å². The summed E-state index contributed by atoms with van der Waals surface area (Å²) in [5.74, 6) is -1.24. The van der Waals surface area contributed by atoms with Crippen molar-refractivity contribution in [2.75, 3.05) is 6.54 Å². The van der Waals surface area contributed by atoms with Gasteiger partial charge < -0.3 is 21.1 Å². The largest absolute Gasteiger partial charge is 0.508 e. The van der Waals surface area contributed by atoms with E-state index in [4.69, 9.17) is 10.8 Å². The highest BCUT2D eigenvalue weighted by atomic mass is 16.4. The molecule has 0 saturated carbocycles. The van der Waals surface area contributed by atoms with Gasteiger partial charge in [0.25, 0.3) is 0 Å². The van der Waals surface area contributed by atoms with Gasteiger partial charge in [-0.1, -0.05) is 19.4 Å². The van der Waals surface area contributed by atoms with Gasteiger partial charge in [-0.15, -0.1) is 0 Å². The number of phenolic OH excluding ortho intramolecular Hbond substituents is 2. The van der Waals surface area contributed by atoms with Crippen LogP contribution in [0.25, 0.3) is 0 Å². The zero-order chi connectivity index (χ0) is 14.4. The summed E-state index contributed by atoms with van der Waals surface area (Å²) in [7, 11) is 0. The second kappa shape index (κ2) is 6.99. The van der Waals surface area contributed by atoms with Crippen molar-refractivity contribution in [1.29, 1.82) is 0 Å². The zero-order valence-corrected chi connectivity index (χ0v) is 11.0. The molecule has 0 aromatic heterocycles. The van der Waals surface area contributed by atoms with Gasteiger partial charge in [0.2, 0.25) is 0 Å². The van der Waals surface area contributed by atoms with Crippen LogP contribution in [0.15, 0.2) is 18.2 Å². The van der Waals surface area contributed by atoms with Crippen LogP contribution in [0.3, 0.4) is 0 Å². The summed E-state index contributed by atoms with van der Waals surface area (Å²) in [4.78, 5) is 11.0. The fraction of sp³-hybridized carbons (Fsp3) is 0.500. The molecule has 5 nitrogen and oxygen atoms in total. The number of carbonyl (C=O) groups is 1. The lowest BCUT2D eigenvalue weighted by Gasteiger charge is -2.19. The quantitative estimate of drug-likeness (QED) is 0.602. The molecule has 1 rings (SSSR count). The van der Waals surface area contributed by atoms with E-state index in [1.54, 1.807) is 6.07 Å². The average Bonchev–Trinajstić information content (AvgIpc) is 2.36. The summed E-state index contributed by atoms with van der Waals surface area (Å²) in [6, 6.07) is 4.46. The summed E-state index contributed by atoms with van der Waals surface area (Å²) >= 11 is 0. The molecule has 0 aliphatic rings. The Kier molecular flexibility index (Phi) is 5.63. The molecule has 0 aliphatic heterocycles. The third-order valence-corrected chi connectivity index (χ3v) is 3.41. The standard InChI is InChI=1S/C14H21NO4/c1-2-9(6-11(8-15)14(18)19)5-10-3-4-12(16)7-13(10)17/h3-4,7,9,11,16-17H,2,5-6,8,15H2,1H3,(H,18,19). The Bertz CT molecular complexity index is 433. The van der Waals surface area contributed by atoms with Gasteiger partial charge in [0.05, 0.1) is 5.92 Å². The van der Waals surface area contributed by atoms with Crippen molar-refractivity contribution < 1.29 is 20.1 Å². The van der Waals surface area contributed by atoms with Crippen LogP contribution in [0, 0.1) is 11.8 Å². The van der Waals surface area contributed by atoms with Crippen LogP contribution in [0.5, 0.6) is 11.5 Å². The summed E-state index contributed by atoms with van der Waals surface area (Å²) in [6.07, 6.45) is 1.87. The van der Waals surface area contributed by atoms with Crippen LogP contribution in [0.4, 0.5) is 0 Å². The maximum Gasteiger partial charge on any atom is 0.307 e. The van der Waals surface area contributed by atoms with Crippen LogP contribution in [-0.4, -0.2) is 27.8 Å². The number of rotatable bonds is 7. The molecule has 0 radical (unpaired) electrons. The molecule has 0 aliphatic carbocycles. The number of carboxylic acids is 1. The van der Waals surface area contributed by atoms with Crippen molar-refractivity contribution in [3.63, 3.8) is 0 Å². The third-order valence-electron chi connectivity index (χ3n) is 3.41. The number of aromatic hydroxyl groups is 2. The summed E-state index contributed by atoms with van der Waals surface area (Å²) < 4.78 is 0. The van der Waals surface area contributed by atoms with Crippen LogP contribution in [-0.2, 0) is 11.2 Å². The average molecular weight is 267 g/mol. The number of aliphatic carboxylic acids is 1. The molecule has 0 bridgehead atoms. The van der Waals surface area contributed by atoms with Crippen LogP contribution >= 0.6 is 0 Å². The summed E-state index contributed by atoms with van der Waals surface area (Å²) in [5, 5.41) is 28.0. The summed E-state index contributed by atoms with van der Waals surface area (Å²) in [6.45, 7) is 2.10. The van der Waals surface area contributed by atoms with E-state index >= 15 is 0 Å². The predicted molar refractivity (Wildman–Crippen MR) is 72.1 cm³/mol. The van der Waals surface area contributed by atoms with E-state index in [2.05, 4.69) is 0 Å². The first-order chi connectivity index (χ1) is 8.97. The van der Waals surface area contributed by atoms with Crippen molar-refractivity contribution in [3.8, 4) is 11.5 Å². The molecular weight excluding hydrogens is 246 g/mol. The van der Waals surface area contributed by atoms with E-state index < -0.39 is 11.9 Å². The first-order valence-corrected chi connectivity index (χ1v) is 6.41. The molecule has 5 N–H and O–H groups in total. The van der Waals surface area contributed by atoms with Gasteiger partial charge in [0.15, 0.2) is 0 Å². The monoisotopic (exact) mass is 267 g/mol. The van der Waals surface area contributed by atoms with Crippen molar-refractivity contribution in [2.45, 2.75) is 26.2 Å². The lowest BCUT2D eigenvalue weighted by atomic mass is 9.87. The minimum absolute atomic E-state index is 0.0136. The van der Waals surface area contributed by atoms with E-state index in [0.29, 0.717) is 18.4 Å². The summed E-state index contributed by atoms with van der Waals surface area (Å²) in [5.41, 5.74) is 6.17. The first-order valence-electron chi connectivity index (χ1n) is 6.41. The second-order valence-electron chi connectivity index (χ2n) is 4.80. The Morgan fingerprint density at radius 3 is 2.53 bits per heavy atom. The highest BCUT2D eigenvalue weighted by Crippen LogP contribution is 2.28. The molecule has 0 saturated heterocycles. The Morgan fingerprint density at radius 1 is 1.37 bits per heavy atom. The molecule has 1 aromatic rings. The number of hydrogen-bond donors (Lipinski definition) is 4. The van der Waals surface area contributed by atoms with E-state index in [9.17, 15) is 15.0 Å². The fourth-order valence-corrected chi connectivity index (χ4v) is 2.13. The zero-order valence-electron chi connectivity index (χ0n) is 11.0. The highest BCUT2D eigenvalue weighted by Gasteiger charge is 2.21. The minimum atomic E-state index is -0.879. The minimum Gasteiger partial charge on any atom is -0.508 e. The lowest BCUT2D eigenvalue weighted by Crippen LogP contribution is -2.26. The number of hydrogen-bond acceptors (Lipinski definition) is 4. The number of carboxylic acid groups (broad SMARTS) is 1. The highest BCUT2D eigenvalue weighted by molar-refractivity contribution is 5.70. The molecule has 2 atom stereocenters. The fourth-order valence-electron chi connectivity index (χ4n) is 2.13. The Morgan fingerprint density at radius 2 is 2.05 bits per heavy atom. The van der Waals surface area contributed by atoms with Crippen molar-refractivity contribution in [1.82, 2.24) is 0 Å². The first kappa shape index (κ1) is 15.3. The maximum atomic E-state index is 11.0. The maximum absolute atomic E-state index is 11.0. The Balaban J connectivity index is 2.73. The van der Waals surface area contributed by atoms with Gasteiger partial charge >= 0.3 is 5.97 Å². The lowest BCUT2D eigenvalue weighted by molar-refractivity contribution is -0.142. The SMILES string of the molecule is CCC(Cc1ccc(O)cc1O)CC(CN)C(=O)O. The van der Waals surface area contributed by atoms with Crippen molar-refractivity contribution in [2.24, 2.45) is 17.6 Å². The van der Waals surface area contributed by atoms with Gasteiger partial charge in [-0.05, 0) is 30.4 Å². The number of phenols is 2. The third kappa shape index (κ3) is 4.44. The van der Waals surface area contributed by atoms with Gasteiger partial charge in [-0.2, -0.15) is 0 Å². The van der Waals surface area contributed by atoms with Crippen LogP contribution in [0.2, 0.25) is 0 Å². The normalized spacial score (nSPS) is 14.0. The van der Waals surface area contributed by atoms with Crippen molar-refractivity contribution in [3.05, 3.63) is 23.8 Å². The topological polar surface area (TPSA) is 104 Å². The molecule has 0 amide bonds. The Hall–Kier alpha value is -1.75. The molecule has 0 heterocycles. The molecule has 5 heteroatoms. The Labute approximate surface area is 112 Å². The molecule has 1 aromatic carbocycles. The number of benzene rings is 1. The van der Waals surface area contributed by atoms with Crippen molar-refractivity contribution >= 4 is 5.97 Å². The molecule has 0 fully saturated rings. The molecular formula is C14H21NO4. The molecule has 19 heavy (non-hydrogen) atoms. The molecule has 0 spiro atoms. The predicted octanol–water partition coefficient (Wildman–Crippen LogP) is 1.72. The van der Waals surface area contributed by atoms with E-state index in [1.807, 2.05) is 6.92 Å². The van der Waals surface area contributed by atoms with Crippen LogP contribution < -0.4 is 5.73 Å². The number of nitrogens with two attached hydrogens (primary N) is 1. The van der Waals surface area contributed by atoms with Gasteiger partial charge in [0, 0.05) is 12.6 Å². The van der Waals surface area contributed by atoms with E-state index in [-0.39, 0.29) is 24.0 Å². The second-order valence-corrected chi connectivity index (χ2v) is 4.80.